The Bertz CT molecular complexity index is 1270. The molecular formula is C23H21ClF3N5O2. The zero-order valence-corrected chi connectivity index (χ0v) is 18.9. The molecule has 2 saturated heterocycles. The molecule has 2 aliphatic heterocycles. The Morgan fingerprint density at radius 2 is 2.09 bits per heavy atom. The van der Waals surface area contributed by atoms with E-state index in [1.54, 1.807) is 12.1 Å². The van der Waals surface area contributed by atoms with Gasteiger partial charge in [0.05, 0.1) is 21.8 Å². The van der Waals surface area contributed by atoms with Crippen LogP contribution in [-0.2, 0) is 11.0 Å². The van der Waals surface area contributed by atoms with Gasteiger partial charge in [0.1, 0.15) is 5.75 Å². The summed E-state index contributed by atoms with van der Waals surface area (Å²) in [4.78, 5) is 24.0. The lowest BCUT2D eigenvalue weighted by Gasteiger charge is -2.27. The van der Waals surface area contributed by atoms with Gasteiger partial charge in [0.15, 0.2) is 6.61 Å². The van der Waals surface area contributed by atoms with E-state index in [2.05, 4.69) is 20.5 Å². The molecule has 2 unspecified atom stereocenters. The number of ether oxygens (including phenoxy) is 1. The van der Waals surface area contributed by atoms with Gasteiger partial charge in [-0.15, -0.1) is 0 Å². The van der Waals surface area contributed by atoms with E-state index >= 15 is 0 Å². The van der Waals surface area contributed by atoms with Crippen LogP contribution in [0.15, 0.2) is 36.4 Å². The average Bonchev–Trinajstić information content (AvgIpc) is 3.42. The van der Waals surface area contributed by atoms with Gasteiger partial charge in [-0.1, -0.05) is 11.6 Å². The van der Waals surface area contributed by atoms with Crippen LogP contribution in [0.4, 0.5) is 24.8 Å². The minimum atomic E-state index is -4.51. The Kier molecular flexibility index (Phi) is 5.73. The number of aromatic nitrogens is 2. The SMILES string of the molecule is Cc1nc(N2CC3CC2CN3)nc2ccc(NC(=O)COc3ccc(C(F)(F)F)cc3Cl)cc12. The van der Waals surface area contributed by atoms with Gasteiger partial charge in [-0.2, -0.15) is 13.2 Å². The van der Waals surface area contributed by atoms with Crippen LogP contribution in [0.25, 0.3) is 10.9 Å². The molecule has 2 aromatic carbocycles. The van der Waals surface area contributed by atoms with Gasteiger partial charge in [0, 0.05) is 36.2 Å². The van der Waals surface area contributed by atoms with Crippen LogP contribution in [-0.4, -0.2) is 47.7 Å². The van der Waals surface area contributed by atoms with Gasteiger partial charge in [-0.05, 0) is 49.7 Å². The van der Waals surface area contributed by atoms with Crippen LogP contribution >= 0.6 is 11.6 Å². The first-order valence-electron chi connectivity index (χ1n) is 10.8. The molecule has 0 radical (unpaired) electrons. The second kappa shape index (κ2) is 8.59. The van der Waals surface area contributed by atoms with Crippen molar-refractivity contribution in [3.05, 3.63) is 52.7 Å². The lowest BCUT2D eigenvalue weighted by Crippen LogP contribution is -2.44. The molecule has 178 valence electrons. The minimum absolute atomic E-state index is 0.00841. The Morgan fingerprint density at radius 1 is 1.26 bits per heavy atom. The molecule has 0 aliphatic carbocycles. The van der Waals surface area contributed by atoms with E-state index in [0.29, 0.717) is 17.8 Å². The van der Waals surface area contributed by atoms with Crippen LogP contribution < -0.4 is 20.3 Å². The van der Waals surface area contributed by atoms with E-state index in [1.165, 1.54) is 0 Å². The number of rotatable bonds is 5. The fourth-order valence-corrected chi connectivity index (χ4v) is 4.65. The lowest BCUT2D eigenvalue weighted by molar-refractivity contribution is -0.137. The van der Waals surface area contributed by atoms with Crippen molar-refractivity contribution in [3.8, 4) is 5.75 Å². The lowest BCUT2D eigenvalue weighted by atomic mass is 10.1. The summed E-state index contributed by atoms with van der Waals surface area (Å²) in [5.41, 5.74) is 1.23. The van der Waals surface area contributed by atoms with Gasteiger partial charge in [-0.3, -0.25) is 4.79 Å². The highest BCUT2D eigenvalue weighted by Gasteiger charge is 2.39. The maximum Gasteiger partial charge on any atom is 0.416 e. The van der Waals surface area contributed by atoms with E-state index in [0.717, 1.165) is 60.3 Å². The van der Waals surface area contributed by atoms with Crippen molar-refractivity contribution in [1.82, 2.24) is 15.3 Å². The molecule has 2 fully saturated rings. The normalized spacial score (nSPS) is 19.6. The standard InChI is InChI=1S/C23H21ClF3N5O2/c1-12-17-8-14(3-4-19(17)31-22(29-12)32-10-15-7-16(32)9-28-15)30-21(33)11-34-20-5-2-13(6-18(20)24)23(25,26)27/h2-6,8,15-16,28H,7,9-11H2,1H3,(H,30,33). The van der Waals surface area contributed by atoms with E-state index in [9.17, 15) is 18.0 Å². The maximum absolute atomic E-state index is 12.8. The van der Waals surface area contributed by atoms with Crippen molar-refractivity contribution in [2.75, 3.05) is 29.9 Å². The summed E-state index contributed by atoms with van der Waals surface area (Å²) in [5, 5.41) is 6.77. The molecule has 5 rings (SSSR count). The molecule has 2 N–H and O–H groups in total. The first-order chi connectivity index (χ1) is 16.2. The fraction of sp³-hybridized carbons (Fsp3) is 0.348. The van der Waals surface area contributed by atoms with Crippen molar-refractivity contribution < 1.29 is 22.7 Å². The van der Waals surface area contributed by atoms with E-state index in [-0.39, 0.29) is 10.8 Å². The molecule has 3 aromatic rings. The van der Waals surface area contributed by atoms with Crippen LogP contribution in [0.2, 0.25) is 5.02 Å². The fourth-order valence-electron chi connectivity index (χ4n) is 4.41. The first kappa shape index (κ1) is 22.7. The van der Waals surface area contributed by atoms with Crippen molar-refractivity contribution in [3.63, 3.8) is 0 Å². The van der Waals surface area contributed by atoms with Crippen molar-refractivity contribution in [2.45, 2.75) is 31.6 Å². The quantitative estimate of drug-likeness (QED) is 0.557. The molecule has 3 heterocycles. The summed E-state index contributed by atoms with van der Waals surface area (Å²) in [7, 11) is 0. The number of nitrogens with zero attached hydrogens (tertiary/aromatic N) is 3. The molecule has 1 amide bonds. The Morgan fingerprint density at radius 3 is 2.76 bits per heavy atom. The molecule has 7 nitrogen and oxygen atoms in total. The largest absolute Gasteiger partial charge is 0.482 e. The Hall–Kier alpha value is -3.11. The second-order valence-corrected chi connectivity index (χ2v) is 8.88. The highest BCUT2D eigenvalue weighted by Crippen LogP contribution is 2.35. The summed E-state index contributed by atoms with van der Waals surface area (Å²) in [6.07, 6.45) is -3.41. The molecule has 0 saturated carbocycles. The Labute approximate surface area is 198 Å². The number of anilines is 2. The van der Waals surface area contributed by atoms with Crippen molar-refractivity contribution in [1.29, 1.82) is 0 Å². The minimum Gasteiger partial charge on any atom is -0.482 e. The number of halogens is 4. The zero-order chi connectivity index (χ0) is 24.0. The third-order valence-corrected chi connectivity index (χ3v) is 6.39. The molecule has 1 aromatic heterocycles. The predicted octanol–water partition coefficient (Wildman–Crippen LogP) is 4.18. The third kappa shape index (κ3) is 4.47. The highest BCUT2D eigenvalue weighted by atomic mass is 35.5. The van der Waals surface area contributed by atoms with Crippen LogP contribution in [0.1, 0.15) is 17.7 Å². The number of carbonyl (C=O) groups is 1. The third-order valence-electron chi connectivity index (χ3n) is 6.09. The highest BCUT2D eigenvalue weighted by molar-refractivity contribution is 6.32. The molecule has 34 heavy (non-hydrogen) atoms. The van der Waals surface area contributed by atoms with Gasteiger partial charge in [0.2, 0.25) is 5.95 Å². The van der Waals surface area contributed by atoms with Gasteiger partial charge in [0.25, 0.3) is 5.91 Å². The maximum atomic E-state index is 12.8. The zero-order valence-electron chi connectivity index (χ0n) is 18.1. The monoisotopic (exact) mass is 491 g/mol. The van der Waals surface area contributed by atoms with Crippen molar-refractivity contribution in [2.24, 2.45) is 0 Å². The second-order valence-electron chi connectivity index (χ2n) is 8.47. The number of carbonyl (C=O) groups excluding carboxylic acids is 1. The van der Waals surface area contributed by atoms with Gasteiger partial charge >= 0.3 is 6.18 Å². The molecule has 2 bridgehead atoms. The van der Waals surface area contributed by atoms with Crippen molar-refractivity contribution >= 4 is 40.0 Å². The van der Waals surface area contributed by atoms with E-state index < -0.39 is 24.3 Å². The Balaban J connectivity index is 1.25. The summed E-state index contributed by atoms with van der Waals surface area (Å²) in [6.45, 7) is 3.33. The number of hydrogen-bond acceptors (Lipinski definition) is 6. The number of hydrogen-bond donors (Lipinski definition) is 2. The molecule has 11 heteroatoms. The number of nitrogens with one attached hydrogen (secondary N) is 2. The molecule has 2 aliphatic rings. The van der Waals surface area contributed by atoms with Crippen LogP contribution in [0.5, 0.6) is 5.75 Å². The van der Waals surface area contributed by atoms with Crippen LogP contribution in [0.3, 0.4) is 0 Å². The summed E-state index contributed by atoms with van der Waals surface area (Å²) < 4.78 is 43.6. The number of fused-ring (bicyclic) bond motifs is 3. The summed E-state index contributed by atoms with van der Waals surface area (Å²) >= 11 is 5.86. The number of aryl methyl sites for hydroxylation is 1. The van der Waals surface area contributed by atoms with Gasteiger partial charge < -0.3 is 20.3 Å². The predicted molar refractivity (Wildman–Crippen MR) is 122 cm³/mol. The average molecular weight is 492 g/mol. The van der Waals surface area contributed by atoms with Crippen LogP contribution in [0, 0.1) is 6.92 Å². The summed E-state index contributed by atoms with van der Waals surface area (Å²) in [6, 6.07) is 8.95. The molecular weight excluding hydrogens is 471 g/mol. The molecule has 0 spiro atoms. The number of piperazine rings is 1. The smallest absolute Gasteiger partial charge is 0.416 e. The summed E-state index contributed by atoms with van der Waals surface area (Å²) in [5.74, 6) is 0.231. The number of amides is 1. The number of alkyl halides is 3. The van der Waals surface area contributed by atoms with E-state index in [1.807, 2.05) is 13.0 Å². The van der Waals surface area contributed by atoms with E-state index in [4.69, 9.17) is 21.3 Å². The first-order valence-corrected chi connectivity index (χ1v) is 11.1. The van der Waals surface area contributed by atoms with Gasteiger partial charge in [-0.25, -0.2) is 9.97 Å². The number of benzene rings is 2. The topological polar surface area (TPSA) is 79.4 Å². The molecule has 2 atom stereocenters.